The van der Waals surface area contributed by atoms with Crippen LogP contribution >= 0.6 is 23.1 Å². The summed E-state index contributed by atoms with van der Waals surface area (Å²) in [5, 5.41) is 3.78. The van der Waals surface area contributed by atoms with Gasteiger partial charge in [-0.1, -0.05) is 23.9 Å². The summed E-state index contributed by atoms with van der Waals surface area (Å²) in [6.07, 6.45) is 2.14. The minimum atomic E-state index is -0.285. The van der Waals surface area contributed by atoms with E-state index in [9.17, 15) is 19.2 Å². The van der Waals surface area contributed by atoms with Crippen molar-refractivity contribution in [3.05, 3.63) is 74.8 Å². The highest BCUT2D eigenvalue weighted by atomic mass is 32.2. The van der Waals surface area contributed by atoms with Gasteiger partial charge in [-0.2, -0.15) is 0 Å². The molecule has 1 aliphatic rings. The number of amides is 2. The average molecular weight is 537 g/mol. The van der Waals surface area contributed by atoms with Crippen molar-refractivity contribution in [3.63, 3.8) is 0 Å². The number of hydrogen-bond donors (Lipinski definition) is 1. The van der Waals surface area contributed by atoms with Crippen molar-refractivity contribution in [1.29, 1.82) is 0 Å². The first-order valence-corrected chi connectivity index (χ1v) is 13.5. The second-order valence-corrected chi connectivity index (χ2v) is 10.7. The number of Topliss-reactive ketones (excluding diaryl/α,β-unsaturated/α-hetero) is 1. The second kappa shape index (κ2) is 10.3. The number of aromatic nitrogens is 2. The fourth-order valence-corrected chi connectivity index (χ4v) is 6.35. The number of furan rings is 1. The molecule has 4 heterocycles. The van der Waals surface area contributed by atoms with Crippen LogP contribution in [0.1, 0.15) is 40.4 Å². The molecule has 37 heavy (non-hydrogen) atoms. The van der Waals surface area contributed by atoms with Gasteiger partial charge in [0.05, 0.1) is 30.5 Å². The molecule has 0 spiro atoms. The number of carbonyl (C=O) groups is 3. The Morgan fingerprint density at radius 1 is 1.19 bits per heavy atom. The first-order valence-electron chi connectivity index (χ1n) is 11.7. The number of thiophene rings is 1. The Bertz CT molecular complexity index is 1570. The zero-order valence-electron chi connectivity index (χ0n) is 20.3. The molecule has 5 rings (SSSR count). The molecule has 0 atom stereocenters. The van der Waals surface area contributed by atoms with Crippen LogP contribution in [0.4, 0.5) is 5.69 Å². The highest BCUT2D eigenvalue weighted by Gasteiger charge is 2.26. The van der Waals surface area contributed by atoms with Crippen LogP contribution in [0.15, 0.2) is 57.0 Å². The van der Waals surface area contributed by atoms with E-state index < -0.39 is 0 Å². The molecule has 0 saturated heterocycles. The number of carbonyl (C=O) groups excluding carboxylic acids is 3. The maximum absolute atomic E-state index is 13.7. The molecule has 1 aliphatic heterocycles. The Balaban J connectivity index is 1.45. The molecule has 3 aromatic heterocycles. The lowest BCUT2D eigenvalue weighted by molar-refractivity contribution is -0.129. The lowest BCUT2D eigenvalue weighted by Gasteiger charge is -2.25. The second-order valence-electron chi connectivity index (χ2n) is 8.71. The summed E-state index contributed by atoms with van der Waals surface area (Å²) in [6, 6.07) is 10.3. The van der Waals surface area contributed by atoms with Crippen molar-refractivity contribution in [2.75, 3.05) is 17.6 Å². The van der Waals surface area contributed by atoms with E-state index >= 15 is 0 Å². The molecular formula is C26H24N4O5S2. The lowest BCUT2D eigenvalue weighted by Crippen LogP contribution is -2.34. The van der Waals surface area contributed by atoms with E-state index in [2.05, 4.69) is 5.32 Å². The van der Waals surface area contributed by atoms with Crippen molar-refractivity contribution >= 4 is 56.6 Å². The van der Waals surface area contributed by atoms with Gasteiger partial charge in [-0.25, -0.2) is 4.98 Å². The van der Waals surface area contributed by atoms with Crippen LogP contribution in [0, 0.1) is 0 Å². The number of anilines is 1. The van der Waals surface area contributed by atoms with Crippen LogP contribution in [0.5, 0.6) is 0 Å². The molecular weight excluding hydrogens is 512 g/mol. The highest BCUT2D eigenvalue weighted by Crippen LogP contribution is 2.34. The molecule has 190 valence electrons. The van der Waals surface area contributed by atoms with Crippen molar-refractivity contribution in [2.45, 2.75) is 38.5 Å². The molecule has 1 aromatic carbocycles. The molecule has 0 fully saturated rings. The number of fused-ring (bicyclic) bond motifs is 3. The number of thioether (sulfide) groups is 1. The largest absolute Gasteiger partial charge is 0.467 e. The van der Waals surface area contributed by atoms with Crippen LogP contribution in [0.3, 0.4) is 0 Å². The van der Waals surface area contributed by atoms with Crippen LogP contribution in [0.2, 0.25) is 0 Å². The molecule has 4 aromatic rings. The van der Waals surface area contributed by atoms with Gasteiger partial charge in [0.1, 0.15) is 10.6 Å². The number of nitrogens with zero attached hydrogens (tertiary/aromatic N) is 3. The number of ketones is 1. The third kappa shape index (κ3) is 5.23. The Hall–Kier alpha value is -3.70. The standard InChI is InChI=1S/C26H24N4O5S2/c1-15(31)17-5-3-6-18(11-17)27-22(33)14-36-26-28-24-23(25(34)30(26)12-19-7-4-10-35-19)20-8-9-29(16(2)32)13-21(20)37-24/h3-7,10-11H,8-9,12-14H2,1-2H3,(H,27,33). The third-order valence-corrected chi connectivity index (χ3v) is 8.24. The monoisotopic (exact) mass is 536 g/mol. The molecule has 11 heteroatoms. The smallest absolute Gasteiger partial charge is 0.263 e. The van der Waals surface area contributed by atoms with E-state index in [0.29, 0.717) is 51.9 Å². The van der Waals surface area contributed by atoms with Gasteiger partial charge in [-0.05, 0) is 43.2 Å². The number of hydrogen-bond acceptors (Lipinski definition) is 8. The van der Waals surface area contributed by atoms with Crippen LogP contribution in [-0.4, -0.2) is 44.3 Å². The Morgan fingerprint density at radius 2 is 2.03 bits per heavy atom. The molecule has 1 N–H and O–H groups in total. The van der Waals surface area contributed by atoms with Crippen LogP contribution in [-0.2, 0) is 29.1 Å². The first kappa shape index (κ1) is 25.0. The van der Waals surface area contributed by atoms with Gasteiger partial charge < -0.3 is 14.6 Å². The zero-order chi connectivity index (χ0) is 26.1. The topological polar surface area (TPSA) is 115 Å². The number of nitrogens with one attached hydrogen (secondary N) is 1. The van der Waals surface area contributed by atoms with Gasteiger partial charge in [0, 0.05) is 29.6 Å². The summed E-state index contributed by atoms with van der Waals surface area (Å²) in [7, 11) is 0. The minimum absolute atomic E-state index is 0.00222. The van der Waals surface area contributed by atoms with E-state index in [0.717, 1.165) is 22.2 Å². The van der Waals surface area contributed by atoms with Gasteiger partial charge in [0.25, 0.3) is 5.56 Å². The SMILES string of the molecule is CC(=O)c1cccc(NC(=O)CSc2nc3sc4c(c3c(=O)n2Cc2ccco2)CCN(C(C)=O)C4)c1. The van der Waals surface area contributed by atoms with Crippen molar-refractivity contribution in [3.8, 4) is 0 Å². The van der Waals surface area contributed by atoms with Gasteiger partial charge in [-0.3, -0.25) is 23.7 Å². The lowest BCUT2D eigenvalue weighted by atomic mass is 10.1. The average Bonchev–Trinajstić information content (AvgIpc) is 3.51. The van der Waals surface area contributed by atoms with Gasteiger partial charge >= 0.3 is 0 Å². The zero-order valence-corrected chi connectivity index (χ0v) is 21.9. The van der Waals surface area contributed by atoms with Crippen LogP contribution in [0.25, 0.3) is 10.2 Å². The van der Waals surface area contributed by atoms with Gasteiger partial charge in [0.2, 0.25) is 11.8 Å². The summed E-state index contributed by atoms with van der Waals surface area (Å²) < 4.78 is 7.03. The van der Waals surface area contributed by atoms with Crippen molar-refractivity contribution in [2.24, 2.45) is 0 Å². The molecule has 0 saturated carbocycles. The van der Waals surface area contributed by atoms with Gasteiger partial charge in [0.15, 0.2) is 10.9 Å². The predicted octanol–water partition coefficient (Wildman–Crippen LogP) is 3.94. The maximum atomic E-state index is 13.7. The minimum Gasteiger partial charge on any atom is -0.467 e. The fraction of sp³-hybridized carbons (Fsp3) is 0.269. The third-order valence-electron chi connectivity index (χ3n) is 6.15. The Labute approximate surface area is 220 Å². The van der Waals surface area contributed by atoms with E-state index in [-0.39, 0.29) is 35.5 Å². The summed E-state index contributed by atoms with van der Waals surface area (Å²) in [5.41, 5.74) is 1.79. The maximum Gasteiger partial charge on any atom is 0.263 e. The quantitative estimate of drug-likeness (QED) is 0.216. The van der Waals surface area contributed by atoms with E-state index in [1.54, 1.807) is 59.1 Å². The molecule has 0 radical (unpaired) electrons. The number of benzene rings is 1. The number of rotatable bonds is 7. The highest BCUT2D eigenvalue weighted by molar-refractivity contribution is 7.99. The summed E-state index contributed by atoms with van der Waals surface area (Å²) in [4.78, 5) is 58.1. The molecule has 0 aliphatic carbocycles. The molecule has 9 nitrogen and oxygen atoms in total. The molecule has 0 unspecified atom stereocenters. The van der Waals surface area contributed by atoms with Crippen LogP contribution < -0.4 is 10.9 Å². The first-order chi connectivity index (χ1) is 17.8. The van der Waals surface area contributed by atoms with Crippen molar-refractivity contribution in [1.82, 2.24) is 14.5 Å². The predicted molar refractivity (Wildman–Crippen MR) is 142 cm³/mol. The normalized spacial score (nSPS) is 13.0. The van der Waals surface area contributed by atoms with E-state index in [1.165, 1.54) is 18.3 Å². The molecule has 0 bridgehead atoms. The summed E-state index contributed by atoms with van der Waals surface area (Å²) in [6.45, 7) is 4.23. The van der Waals surface area contributed by atoms with E-state index in [1.807, 2.05) is 0 Å². The Morgan fingerprint density at radius 3 is 2.76 bits per heavy atom. The summed E-state index contributed by atoms with van der Waals surface area (Å²) >= 11 is 2.58. The summed E-state index contributed by atoms with van der Waals surface area (Å²) in [5.74, 6) is 0.246. The Kier molecular flexibility index (Phi) is 6.98. The fourth-order valence-electron chi connectivity index (χ4n) is 4.28. The van der Waals surface area contributed by atoms with Crippen molar-refractivity contribution < 1.29 is 18.8 Å². The van der Waals surface area contributed by atoms with E-state index in [4.69, 9.17) is 9.40 Å². The molecule has 2 amide bonds. The van der Waals surface area contributed by atoms with Gasteiger partial charge in [-0.15, -0.1) is 11.3 Å².